The molecule has 5 aromatic carbocycles. The third-order valence-electron chi connectivity index (χ3n) is 7.90. The zero-order valence-electron chi connectivity index (χ0n) is 22.1. The van der Waals surface area contributed by atoms with Gasteiger partial charge in [-0.3, -0.25) is 0 Å². The van der Waals surface area contributed by atoms with Gasteiger partial charge in [0, 0.05) is 22.1 Å². The van der Waals surface area contributed by atoms with Crippen LogP contribution in [0.1, 0.15) is 25.0 Å². The van der Waals surface area contributed by atoms with Crippen LogP contribution in [0.15, 0.2) is 133 Å². The molecule has 0 aliphatic heterocycles. The fraction of sp³-hybridized carbons (Fsp3) is 0.0811. The van der Waals surface area contributed by atoms with E-state index >= 15 is 0 Å². The van der Waals surface area contributed by atoms with Crippen molar-refractivity contribution in [2.75, 3.05) is 0 Å². The lowest BCUT2D eigenvalue weighted by molar-refractivity contribution is 0.660. The van der Waals surface area contributed by atoms with Gasteiger partial charge in [-0.25, -0.2) is 9.97 Å². The lowest BCUT2D eigenvalue weighted by atomic mass is 9.82. The lowest BCUT2D eigenvalue weighted by Gasteiger charge is -2.21. The highest BCUT2D eigenvalue weighted by Crippen LogP contribution is 2.52. The summed E-state index contributed by atoms with van der Waals surface area (Å²) in [7, 11) is 0. The van der Waals surface area contributed by atoms with E-state index in [1.165, 1.54) is 33.4 Å². The summed E-state index contributed by atoms with van der Waals surface area (Å²) in [6.45, 7) is 4.66. The van der Waals surface area contributed by atoms with Crippen molar-refractivity contribution in [3.8, 4) is 56.2 Å². The first kappa shape index (κ1) is 23.3. The van der Waals surface area contributed by atoms with E-state index in [1.807, 2.05) is 24.3 Å². The highest BCUT2D eigenvalue weighted by atomic mass is 14.9. The first-order valence-corrected chi connectivity index (χ1v) is 13.4. The summed E-state index contributed by atoms with van der Waals surface area (Å²) in [4.78, 5) is 10.0. The monoisotopic (exact) mass is 500 g/mol. The van der Waals surface area contributed by atoms with Crippen LogP contribution in [-0.2, 0) is 5.41 Å². The quantitative estimate of drug-likeness (QED) is 0.241. The van der Waals surface area contributed by atoms with Crippen molar-refractivity contribution < 1.29 is 0 Å². The summed E-state index contributed by atoms with van der Waals surface area (Å²) in [6, 6.07) is 47.0. The van der Waals surface area contributed by atoms with Crippen molar-refractivity contribution in [2.24, 2.45) is 0 Å². The Kier molecular flexibility index (Phi) is 5.49. The van der Waals surface area contributed by atoms with Crippen molar-refractivity contribution >= 4 is 0 Å². The van der Waals surface area contributed by atoms with E-state index in [0.29, 0.717) is 0 Å². The number of aromatic nitrogens is 2. The number of nitrogens with zero attached hydrogens (tertiary/aromatic N) is 2. The molecule has 1 aromatic heterocycles. The topological polar surface area (TPSA) is 25.8 Å². The number of hydrogen-bond donors (Lipinski definition) is 0. The first-order valence-electron chi connectivity index (χ1n) is 13.4. The SMILES string of the molecule is CC1(C)c2ccccc2-c2c(-c3cccc(-c4cc(-c5ccccc5)nc(-c5ccccc5)n4)c3)cccc21. The normalized spacial score (nSPS) is 13.1. The Morgan fingerprint density at radius 3 is 1.74 bits per heavy atom. The van der Waals surface area contributed by atoms with E-state index < -0.39 is 0 Å². The lowest BCUT2D eigenvalue weighted by Crippen LogP contribution is -2.14. The van der Waals surface area contributed by atoms with Crippen LogP contribution in [0, 0.1) is 0 Å². The van der Waals surface area contributed by atoms with E-state index in [1.54, 1.807) is 0 Å². The fourth-order valence-corrected chi connectivity index (χ4v) is 5.91. The molecule has 2 heteroatoms. The van der Waals surface area contributed by atoms with Gasteiger partial charge in [0.15, 0.2) is 5.82 Å². The van der Waals surface area contributed by atoms with Gasteiger partial charge >= 0.3 is 0 Å². The molecule has 0 spiro atoms. The molecule has 7 rings (SSSR count). The molecular formula is C37H28N2. The second-order valence-corrected chi connectivity index (χ2v) is 10.7. The van der Waals surface area contributed by atoms with Crippen LogP contribution in [0.2, 0.25) is 0 Å². The van der Waals surface area contributed by atoms with Gasteiger partial charge in [-0.1, -0.05) is 135 Å². The third-order valence-corrected chi connectivity index (χ3v) is 7.90. The van der Waals surface area contributed by atoms with Crippen LogP contribution in [-0.4, -0.2) is 9.97 Å². The second-order valence-electron chi connectivity index (χ2n) is 10.7. The maximum Gasteiger partial charge on any atom is 0.160 e. The molecule has 1 aliphatic carbocycles. The molecule has 1 aliphatic rings. The Morgan fingerprint density at radius 2 is 0.974 bits per heavy atom. The van der Waals surface area contributed by atoms with Crippen molar-refractivity contribution in [1.29, 1.82) is 0 Å². The summed E-state index contributed by atoms with van der Waals surface area (Å²) in [6.07, 6.45) is 0. The molecule has 0 bridgehead atoms. The molecule has 0 atom stereocenters. The average Bonchev–Trinajstić information content (AvgIpc) is 3.24. The van der Waals surface area contributed by atoms with Crippen LogP contribution in [0.4, 0.5) is 0 Å². The maximum atomic E-state index is 5.05. The highest BCUT2D eigenvalue weighted by Gasteiger charge is 2.36. The van der Waals surface area contributed by atoms with Crippen molar-refractivity contribution in [1.82, 2.24) is 9.97 Å². The number of benzene rings is 5. The molecule has 0 saturated carbocycles. The van der Waals surface area contributed by atoms with Crippen LogP contribution >= 0.6 is 0 Å². The third kappa shape index (κ3) is 3.97. The Balaban J connectivity index is 1.40. The van der Waals surface area contributed by atoms with Gasteiger partial charge in [-0.05, 0) is 45.5 Å². The van der Waals surface area contributed by atoms with Gasteiger partial charge in [0.25, 0.3) is 0 Å². The summed E-state index contributed by atoms with van der Waals surface area (Å²) >= 11 is 0. The summed E-state index contributed by atoms with van der Waals surface area (Å²) in [5, 5.41) is 0. The number of rotatable bonds is 4. The predicted molar refractivity (Wildman–Crippen MR) is 161 cm³/mol. The largest absolute Gasteiger partial charge is 0.228 e. The van der Waals surface area contributed by atoms with Gasteiger partial charge < -0.3 is 0 Å². The van der Waals surface area contributed by atoms with Crippen molar-refractivity contribution in [3.63, 3.8) is 0 Å². The summed E-state index contributed by atoms with van der Waals surface area (Å²) in [5.41, 5.74) is 12.9. The van der Waals surface area contributed by atoms with E-state index in [-0.39, 0.29) is 5.41 Å². The highest BCUT2D eigenvalue weighted by molar-refractivity contribution is 5.93. The van der Waals surface area contributed by atoms with Gasteiger partial charge in [0.05, 0.1) is 11.4 Å². The van der Waals surface area contributed by atoms with E-state index in [0.717, 1.165) is 33.9 Å². The molecule has 0 fully saturated rings. The maximum absolute atomic E-state index is 5.05. The second kappa shape index (κ2) is 9.18. The molecule has 0 saturated heterocycles. The molecule has 2 nitrogen and oxygen atoms in total. The van der Waals surface area contributed by atoms with Gasteiger partial charge in [0.1, 0.15) is 0 Å². The smallest absolute Gasteiger partial charge is 0.160 e. The molecule has 186 valence electrons. The minimum absolute atomic E-state index is 0.0264. The van der Waals surface area contributed by atoms with Gasteiger partial charge in [-0.15, -0.1) is 0 Å². The Bertz CT molecular complexity index is 1760. The Morgan fingerprint density at radius 1 is 0.436 bits per heavy atom. The Hall–Kier alpha value is -4.82. The molecular weight excluding hydrogens is 472 g/mol. The zero-order valence-corrected chi connectivity index (χ0v) is 22.1. The molecule has 0 unspecified atom stereocenters. The van der Waals surface area contributed by atoms with Crippen LogP contribution in [0.3, 0.4) is 0 Å². The van der Waals surface area contributed by atoms with Crippen LogP contribution < -0.4 is 0 Å². The molecule has 6 aromatic rings. The van der Waals surface area contributed by atoms with Gasteiger partial charge in [0.2, 0.25) is 0 Å². The molecule has 0 N–H and O–H groups in total. The van der Waals surface area contributed by atoms with Crippen molar-refractivity contribution in [2.45, 2.75) is 19.3 Å². The summed E-state index contributed by atoms with van der Waals surface area (Å²) in [5.74, 6) is 0.730. The Labute approximate surface area is 229 Å². The zero-order chi connectivity index (χ0) is 26.4. The average molecular weight is 501 g/mol. The number of hydrogen-bond acceptors (Lipinski definition) is 2. The first-order chi connectivity index (χ1) is 19.1. The van der Waals surface area contributed by atoms with E-state index in [4.69, 9.17) is 9.97 Å². The molecule has 39 heavy (non-hydrogen) atoms. The van der Waals surface area contributed by atoms with Crippen molar-refractivity contribution in [3.05, 3.63) is 145 Å². The minimum atomic E-state index is -0.0264. The molecule has 0 radical (unpaired) electrons. The fourth-order valence-electron chi connectivity index (χ4n) is 5.91. The number of fused-ring (bicyclic) bond motifs is 3. The van der Waals surface area contributed by atoms with E-state index in [2.05, 4.69) is 123 Å². The predicted octanol–water partition coefficient (Wildman–Crippen LogP) is 9.45. The minimum Gasteiger partial charge on any atom is -0.228 e. The van der Waals surface area contributed by atoms with Crippen LogP contribution in [0.5, 0.6) is 0 Å². The van der Waals surface area contributed by atoms with Crippen LogP contribution in [0.25, 0.3) is 56.2 Å². The molecule has 1 heterocycles. The van der Waals surface area contributed by atoms with E-state index in [9.17, 15) is 0 Å². The molecule has 0 amide bonds. The van der Waals surface area contributed by atoms with Gasteiger partial charge in [-0.2, -0.15) is 0 Å². The standard InChI is InChI=1S/C37H28N2/c1-37(2)31-21-10-9-19-30(31)35-29(20-12-22-32(35)37)27-17-11-18-28(23-27)34-24-33(25-13-5-3-6-14-25)38-36(39-34)26-15-7-4-8-16-26/h3-24H,1-2H3. The summed E-state index contributed by atoms with van der Waals surface area (Å²) < 4.78 is 0.